The molecular formula is C16H25N3O2. The van der Waals surface area contributed by atoms with Gasteiger partial charge in [-0.25, -0.2) is 0 Å². The number of ether oxygens (including phenoxy) is 1. The van der Waals surface area contributed by atoms with Crippen molar-refractivity contribution < 1.29 is 9.53 Å². The summed E-state index contributed by atoms with van der Waals surface area (Å²) in [6, 6.07) is 8.09. The van der Waals surface area contributed by atoms with E-state index in [0.717, 1.165) is 50.5 Å². The lowest BCUT2D eigenvalue weighted by atomic mass is 10.1. The van der Waals surface area contributed by atoms with Crippen molar-refractivity contribution in [2.45, 2.75) is 32.2 Å². The molecule has 1 aromatic carbocycles. The normalized spacial score (nSPS) is 16.6. The van der Waals surface area contributed by atoms with Crippen molar-refractivity contribution >= 4 is 17.3 Å². The number of nitrogens with one attached hydrogen (secondary N) is 1. The van der Waals surface area contributed by atoms with Crippen molar-refractivity contribution in [3.05, 3.63) is 24.3 Å². The summed E-state index contributed by atoms with van der Waals surface area (Å²) in [4.78, 5) is 14.3. The fraction of sp³-hybridized carbons (Fsp3) is 0.562. The van der Waals surface area contributed by atoms with Crippen LogP contribution in [0.1, 0.15) is 26.2 Å². The highest BCUT2D eigenvalue weighted by atomic mass is 16.5. The van der Waals surface area contributed by atoms with E-state index in [4.69, 9.17) is 10.5 Å². The SMILES string of the molecule is CC(N)CCCC(=O)Nc1ccccc1N1CCOCC1. The molecule has 0 radical (unpaired) electrons. The molecule has 1 saturated heterocycles. The Morgan fingerprint density at radius 2 is 2.10 bits per heavy atom. The molecule has 0 saturated carbocycles. The number of nitrogens with two attached hydrogens (primary N) is 1. The van der Waals surface area contributed by atoms with Gasteiger partial charge >= 0.3 is 0 Å². The van der Waals surface area contributed by atoms with Gasteiger partial charge < -0.3 is 20.7 Å². The van der Waals surface area contributed by atoms with Crippen LogP contribution < -0.4 is 16.0 Å². The van der Waals surface area contributed by atoms with Gasteiger partial charge in [-0.1, -0.05) is 12.1 Å². The number of benzene rings is 1. The molecule has 1 heterocycles. The summed E-state index contributed by atoms with van der Waals surface area (Å²) in [6.07, 6.45) is 2.21. The quantitative estimate of drug-likeness (QED) is 0.841. The van der Waals surface area contributed by atoms with Gasteiger partial charge in [-0.2, -0.15) is 0 Å². The van der Waals surface area contributed by atoms with Crippen LogP contribution in [0.25, 0.3) is 0 Å². The number of hydrogen-bond acceptors (Lipinski definition) is 4. The van der Waals surface area contributed by atoms with Crippen LogP contribution in [0.5, 0.6) is 0 Å². The minimum absolute atomic E-state index is 0.0522. The molecular weight excluding hydrogens is 266 g/mol. The molecule has 0 aliphatic carbocycles. The Balaban J connectivity index is 1.94. The fourth-order valence-corrected chi connectivity index (χ4v) is 2.46. The molecule has 116 valence electrons. The van der Waals surface area contributed by atoms with E-state index < -0.39 is 0 Å². The molecule has 1 aliphatic rings. The molecule has 1 atom stereocenters. The van der Waals surface area contributed by atoms with Crippen molar-refractivity contribution in [3.8, 4) is 0 Å². The van der Waals surface area contributed by atoms with Crippen LogP contribution in [-0.2, 0) is 9.53 Å². The number of nitrogens with zero attached hydrogens (tertiary/aromatic N) is 1. The lowest BCUT2D eigenvalue weighted by Crippen LogP contribution is -2.36. The summed E-state index contributed by atoms with van der Waals surface area (Å²) in [5.41, 5.74) is 7.65. The Bertz CT molecular complexity index is 457. The van der Waals surface area contributed by atoms with Gasteiger partial charge in [0.1, 0.15) is 0 Å². The van der Waals surface area contributed by atoms with Crippen LogP contribution >= 0.6 is 0 Å². The zero-order chi connectivity index (χ0) is 15.1. The first-order valence-corrected chi connectivity index (χ1v) is 7.64. The highest BCUT2D eigenvalue weighted by molar-refractivity contribution is 5.94. The molecule has 0 aromatic heterocycles. The van der Waals surface area contributed by atoms with Gasteiger partial charge in [0.15, 0.2) is 0 Å². The zero-order valence-corrected chi connectivity index (χ0v) is 12.7. The van der Waals surface area contributed by atoms with Gasteiger partial charge in [0.25, 0.3) is 0 Å². The molecule has 5 heteroatoms. The van der Waals surface area contributed by atoms with Gasteiger partial charge in [0, 0.05) is 25.6 Å². The Kier molecular flexibility index (Phi) is 6.02. The Labute approximate surface area is 126 Å². The average molecular weight is 291 g/mol. The second kappa shape index (κ2) is 8.00. The topological polar surface area (TPSA) is 67.6 Å². The van der Waals surface area contributed by atoms with Crippen molar-refractivity contribution in [3.63, 3.8) is 0 Å². The second-order valence-corrected chi connectivity index (χ2v) is 5.53. The predicted octanol–water partition coefficient (Wildman–Crippen LogP) is 1.98. The number of hydrogen-bond donors (Lipinski definition) is 2. The first-order valence-electron chi connectivity index (χ1n) is 7.64. The van der Waals surface area contributed by atoms with Crippen LogP contribution in [0, 0.1) is 0 Å². The number of carbonyl (C=O) groups is 1. The van der Waals surface area contributed by atoms with E-state index >= 15 is 0 Å². The zero-order valence-electron chi connectivity index (χ0n) is 12.7. The molecule has 1 amide bonds. The van der Waals surface area contributed by atoms with Gasteiger partial charge in [0.05, 0.1) is 24.6 Å². The van der Waals surface area contributed by atoms with E-state index in [1.165, 1.54) is 0 Å². The number of carbonyl (C=O) groups excluding carboxylic acids is 1. The molecule has 1 unspecified atom stereocenters. The number of amides is 1. The molecule has 1 fully saturated rings. The monoisotopic (exact) mass is 291 g/mol. The van der Waals surface area contributed by atoms with Crippen molar-refractivity contribution in [2.75, 3.05) is 36.5 Å². The highest BCUT2D eigenvalue weighted by Gasteiger charge is 2.15. The van der Waals surface area contributed by atoms with Crippen LogP contribution in [0.15, 0.2) is 24.3 Å². The Hall–Kier alpha value is -1.59. The molecule has 0 spiro atoms. The fourth-order valence-electron chi connectivity index (χ4n) is 2.46. The average Bonchev–Trinajstić information content (AvgIpc) is 2.48. The molecule has 1 aromatic rings. The summed E-state index contributed by atoms with van der Waals surface area (Å²) in [7, 11) is 0. The Morgan fingerprint density at radius 3 is 2.81 bits per heavy atom. The van der Waals surface area contributed by atoms with Gasteiger partial charge in [0.2, 0.25) is 5.91 Å². The summed E-state index contributed by atoms with van der Waals surface area (Å²) in [5, 5.41) is 3.02. The van der Waals surface area contributed by atoms with E-state index in [1.54, 1.807) is 0 Å². The lowest BCUT2D eigenvalue weighted by molar-refractivity contribution is -0.116. The third kappa shape index (κ3) is 5.02. The molecule has 2 rings (SSSR count). The van der Waals surface area contributed by atoms with E-state index in [9.17, 15) is 4.79 Å². The third-order valence-corrected chi connectivity index (χ3v) is 3.59. The smallest absolute Gasteiger partial charge is 0.224 e. The largest absolute Gasteiger partial charge is 0.378 e. The minimum Gasteiger partial charge on any atom is -0.378 e. The molecule has 1 aliphatic heterocycles. The molecule has 0 bridgehead atoms. The first-order chi connectivity index (χ1) is 10.2. The van der Waals surface area contributed by atoms with Crippen molar-refractivity contribution in [2.24, 2.45) is 5.73 Å². The highest BCUT2D eigenvalue weighted by Crippen LogP contribution is 2.26. The molecule has 5 nitrogen and oxygen atoms in total. The van der Waals surface area contributed by atoms with E-state index in [0.29, 0.717) is 6.42 Å². The first kappa shape index (κ1) is 15.8. The number of para-hydroxylation sites is 2. The summed E-state index contributed by atoms with van der Waals surface area (Å²) in [6.45, 7) is 5.15. The maximum Gasteiger partial charge on any atom is 0.224 e. The molecule has 3 N–H and O–H groups in total. The van der Waals surface area contributed by atoms with Gasteiger partial charge in [-0.15, -0.1) is 0 Å². The van der Waals surface area contributed by atoms with Crippen molar-refractivity contribution in [1.29, 1.82) is 0 Å². The number of morpholine rings is 1. The Morgan fingerprint density at radius 1 is 1.38 bits per heavy atom. The van der Waals surface area contributed by atoms with Crippen molar-refractivity contribution in [1.82, 2.24) is 0 Å². The predicted molar refractivity (Wildman–Crippen MR) is 85.6 cm³/mol. The van der Waals surface area contributed by atoms with Gasteiger partial charge in [-0.05, 0) is 31.9 Å². The summed E-state index contributed by atoms with van der Waals surface area (Å²) < 4.78 is 5.38. The van der Waals surface area contributed by atoms with E-state index in [1.807, 2.05) is 31.2 Å². The van der Waals surface area contributed by atoms with Crippen LogP contribution in [0.4, 0.5) is 11.4 Å². The van der Waals surface area contributed by atoms with E-state index in [-0.39, 0.29) is 11.9 Å². The van der Waals surface area contributed by atoms with Crippen LogP contribution in [0.2, 0.25) is 0 Å². The maximum atomic E-state index is 12.0. The maximum absolute atomic E-state index is 12.0. The van der Waals surface area contributed by atoms with Crippen LogP contribution in [-0.4, -0.2) is 38.3 Å². The summed E-state index contributed by atoms with van der Waals surface area (Å²) >= 11 is 0. The van der Waals surface area contributed by atoms with Crippen LogP contribution in [0.3, 0.4) is 0 Å². The standard InChI is InChI=1S/C16H25N3O2/c1-13(17)5-4-8-16(20)18-14-6-2-3-7-15(14)19-9-11-21-12-10-19/h2-3,6-7,13H,4-5,8-12,17H2,1H3,(H,18,20). The number of anilines is 2. The minimum atomic E-state index is 0.0522. The summed E-state index contributed by atoms with van der Waals surface area (Å²) in [5.74, 6) is 0.0522. The third-order valence-electron chi connectivity index (χ3n) is 3.59. The second-order valence-electron chi connectivity index (χ2n) is 5.53. The number of rotatable bonds is 6. The molecule has 21 heavy (non-hydrogen) atoms. The van der Waals surface area contributed by atoms with E-state index in [2.05, 4.69) is 10.2 Å². The van der Waals surface area contributed by atoms with Gasteiger partial charge in [-0.3, -0.25) is 4.79 Å². The lowest BCUT2D eigenvalue weighted by Gasteiger charge is -2.30.